The number of aliphatic hydroxyl groups is 1. The third kappa shape index (κ3) is 3.16. The van der Waals surface area contributed by atoms with E-state index in [1.165, 1.54) is 45.1 Å². The standard InChI is InChI=1S/C12H24N2O/c15-9-10-3-1-5-12(10)14-11-4-2-7-13-8-6-11/h10-15H,1-9H2. The zero-order chi connectivity index (χ0) is 10.5. The summed E-state index contributed by atoms with van der Waals surface area (Å²) < 4.78 is 0. The summed E-state index contributed by atoms with van der Waals surface area (Å²) in [6.07, 6.45) is 7.58. The van der Waals surface area contributed by atoms with E-state index in [0.29, 0.717) is 24.6 Å². The SMILES string of the molecule is OCC1CCCC1NC1CCCNCC1. The Morgan fingerprint density at radius 2 is 2.00 bits per heavy atom. The lowest BCUT2D eigenvalue weighted by molar-refractivity contribution is 0.197. The minimum atomic E-state index is 0.364. The molecular formula is C12H24N2O. The smallest absolute Gasteiger partial charge is 0.0474 e. The van der Waals surface area contributed by atoms with Crippen molar-refractivity contribution in [1.82, 2.24) is 10.6 Å². The highest BCUT2D eigenvalue weighted by Crippen LogP contribution is 2.26. The first-order valence-corrected chi connectivity index (χ1v) is 6.48. The maximum Gasteiger partial charge on any atom is 0.0474 e. The van der Waals surface area contributed by atoms with Gasteiger partial charge in [-0.25, -0.2) is 0 Å². The Hall–Kier alpha value is -0.120. The van der Waals surface area contributed by atoms with Crippen LogP contribution >= 0.6 is 0 Å². The van der Waals surface area contributed by atoms with Crippen LogP contribution in [0.5, 0.6) is 0 Å². The van der Waals surface area contributed by atoms with E-state index in [1.807, 2.05) is 0 Å². The molecule has 3 heteroatoms. The van der Waals surface area contributed by atoms with Crippen molar-refractivity contribution in [1.29, 1.82) is 0 Å². The van der Waals surface area contributed by atoms with Gasteiger partial charge in [0.05, 0.1) is 0 Å². The molecule has 1 aliphatic carbocycles. The van der Waals surface area contributed by atoms with Crippen molar-refractivity contribution in [2.24, 2.45) is 5.92 Å². The summed E-state index contributed by atoms with van der Waals surface area (Å²) in [6.45, 7) is 2.68. The van der Waals surface area contributed by atoms with Gasteiger partial charge in [0, 0.05) is 18.7 Å². The monoisotopic (exact) mass is 212 g/mol. The Balaban J connectivity index is 1.78. The van der Waals surface area contributed by atoms with Crippen molar-refractivity contribution in [3.05, 3.63) is 0 Å². The van der Waals surface area contributed by atoms with E-state index in [0.717, 1.165) is 6.54 Å². The molecule has 0 aromatic rings. The third-order valence-corrected chi connectivity index (χ3v) is 3.92. The van der Waals surface area contributed by atoms with Crippen LogP contribution in [0.25, 0.3) is 0 Å². The first-order valence-electron chi connectivity index (χ1n) is 6.48. The first kappa shape index (κ1) is 11.4. The van der Waals surface area contributed by atoms with Gasteiger partial charge in [0.15, 0.2) is 0 Å². The van der Waals surface area contributed by atoms with Gasteiger partial charge in [-0.15, -0.1) is 0 Å². The van der Waals surface area contributed by atoms with Gasteiger partial charge in [-0.05, 0) is 51.1 Å². The molecule has 3 N–H and O–H groups in total. The van der Waals surface area contributed by atoms with Crippen LogP contribution in [0.3, 0.4) is 0 Å². The van der Waals surface area contributed by atoms with Crippen LogP contribution in [-0.2, 0) is 0 Å². The molecular weight excluding hydrogens is 188 g/mol. The first-order chi connectivity index (χ1) is 7.40. The van der Waals surface area contributed by atoms with Crippen LogP contribution in [0.2, 0.25) is 0 Å². The average molecular weight is 212 g/mol. The normalized spacial score (nSPS) is 37.8. The molecule has 3 nitrogen and oxygen atoms in total. The van der Waals surface area contributed by atoms with Gasteiger partial charge in [-0.2, -0.15) is 0 Å². The topological polar surface area (TPSA) is 44.3 Å². The van der Waals surface area contributed by atoms with Crippen molar-refractivity contribution in [3.63, 3.8) is 0 Å². The van der Waals surface area contributed by atoms with Gasteiger partial charge >= 0.3 is 0 Å². The lowest BCUT2D eigenvalue weighted by atomic mass is 10.0. The second-order valence-corrected chi connectivity index (χ2v) is 5.02. The Kier molecular flexibility index (Phi) is 4.42. The van der Waals surface area contributed by atoms with Crippen molar-refractivity contribution >= 4 is 0 Å². The fourth-order valence-corrected chi connectivity index (χ4v) is 2.96. The summed E-state index contributed by atoms with van der Waals surface area (Å²) in [6, 6.07) is 1.26. The van der Waals surface area contributed by atoms with Gasteiger partial charge in [0.2, 0.25) is 0 Å². The Morgan fingerprint density at radius 3 is 2.87 bits per heavy atom. The molecule has 0 spiro atoms. The van der Waals surface area contributed by atoms with Crippen LogP contribution in [0.1, 0.15) is 38.5 Å². The molecule has 2 rings (SSSR count). The minimum absolute atomic E-state index is 0.364. The number of rotatable bonds is 3. The minimum Gasteiger partial charge on any atom is -0.396 e. The van der Waals surface area contributed by atoms with Crippen molar-refractivity contribution in [2.45, 2.75) is 50.6 Å². The van der Waals surface area contributed by atoms with Crippen LogP contribution in [-0.4, -0.2) is 36.9 Å². The molecule has 3 unspecified atom stereocenters. The fraction of sp³-hybridized carbons (Fsp3) is 1.00. The molecule has 0 aromatic carbocycles. The quantitative estimate of drug-likeness (QED) is 0.651. The van der Waals surface area contributed by atoms with E-state index in [1.54, 1.807) is 0 Å². The molecule has 2 fully saturated rings. The largest absolute Gasteiger partial charge is 0.396 e. The van der Waals surface area contributed by atoms with Crippen molar-refractivity contribution < 1.29 is 5.11 Å². The lowest BCUT2D eigenvalue weighted by Gasteiger charge is -2.25. The van der Waals surface area contributed by atoms with Crippen molar-refractivity contribution in [2.75, 3.05) is 19.7 Å². The van der Waals surface area contributed by atoms with E-state index in [9.17, 15) is 5.11 Å². The van der Waals surface area contributed by atoms with E-state index in [-0.39, 0.29) is 0 Å². The molecule has 0 aromatic heterocycles. The Bertz CT molecular complexity index is 178. The summed E-state index contributed by atoms with van der Waals surface area (Å²) in [5.74, 6) is 0.515. The summed E-state index contributed by atoms with van der Waals surface area (Å²) in [5.41, 5.74) is 0. The predicted octanol–water partition coefficient (Wildman–Crippen LogP) is 0.879. The molecule has 15 heavy (non-hydrogen) atoms. The maximum absolute atomic E-state index is 9.27. The van der Waals surface area contributed by atoms with E-state index in [2.05, 4.69) is 10.6 Å². The zero-order valence-corrected chi connectivity index (χ0v) is 9.54. The van der Waals surface area contributed by atoms with E-state index < -0.39 is 0 Å². The fourth-order valence-electron chi connectivity index (χ4n) is 2.96. The van der Waals surface area contributed by atoms with Gasteiger partial charge in [-0.3, -0.25) is 0 Å². The van der Waals surface area contributed by atoms with E-state index in [4.69, 9.17) is 0 Å². The number of nitrogens with one attached hydrogen (secondary N) is 2. The molecule has 1 saturated carbocycles. The van der Waals surface area contributed by atoms with Gasteiger partial charge in [0.25, 0.3) is 0 Å². The number of hydrogen-bond acceptors (Lipinski definition) is 3. The molecule has 88 valence electrons. The highest BCUT2D eigenvalue weighted by atomic mass is 16.3. The lowest BCUT2D eigenvalue weighted by Crippen LogP contribution is -2.41. The highest BCUT2D eigenvalue weighted by molar-refractivity contribution is 4.86. The van der Waals surface area contributed by atoms with Crippen LogP contribution in [0, 0.1) is 5.92 Å². The molecule has 3 atom stereocenters. The molecule has 1 saturated heterocycles. The summed E-state index contributed by atoms with van der Waals surface area (Å²) in [4.78, 5) is 0. The zero-order valence-electron chi connectivity index (χ0n) is 9.54. The third-order valence-electron chi connectivity index (χ3n) is 3.92. The Morgan fingerprint density at radius 1 is 1.07 bits per heavy atom. The van der Waals surface area contributed by atoms with Crippen LogP contribution in [0.4, 0.5) is 0 Å². The molecule has 2 aliphatic rings. The summed E-state index contributed by atoms with van der Waals surface area (Å²) >= 11 is 0. The van der Waals surface area contributed by atoms with Gasteiger partial charge in [-0.1, -0.05) is 6.42 Å². The van der Waals surface area contributed by atoms with Gasteiger partial charge < -0.3 is 15.7 Å². The molecule has 1 heterocycles. The number of aliphatic hydroxyl groups excluding tert-OH is 1. The van der Waals surface area contributed by atoms with Gasteiger partial charge in [0.1, 0.15) is 0 Å². The average Bonchev–Trinajstić information content (AvgIpc) is 2.53. The molecule has 0 bridgehead atoms. The molecule has 0 amide bonds. The van der Waals surface area contributed by atoms with Crippen LogP contribution < -0.4 is 10.6 Å². The predicted molar refractivity (Wildman–Crippen MR) is 61.9 cm³/mol. The highest BCUT2D eigenvalue weighted by Gasteiger charge is 2.28. The Labute approximate surface area is 92.6 Å². The second kappa shape index (κ2) is 5.83. The molecule has 0 radical (unpaired) electrons. The number of hydrogen-bond donors (Lipinski definition) is 3. The maximum atomic E-state index is 9.27. The summed E-state index contributed by atoms with van der Waals surface area (Å²) in [7, 11) is 0. The molecule has 1 aliphatic heterocycles. The van der Waals surface area contributed by atoms with Crippen molar-refractivity contribution in [3.8, 4) is 0 Å². The van der Waals surface area contributed by atoms with Crippen LogP contribution in [0.15, 0.2) is 0 Å². The van der Waals surface area contributed by atoms with E-state index >= 15 is 0 Å². The summed E-state index contributed by atoms with van der Waals surface area (Å²) in [5, 5.41) is 16.5. The second-order valence-electron chi connectivity index (χ2n) is 5.02.